The number of rotatable bonds is 4. The highest BCUT2D eigenvalue weighted by Crippen LogP contribution is 2.42. The van der Waals surface area contributed by atoms with E-state index in [0.29, 0.717) is 6.42 Å². The zero-order valence-corrected chi connectivity index (χ0v) is 10.1. The number of ether oxygens (including phenoxy) is 1. The van der Waals surface area contributed by atoms with Gasteiger partial charge in [0.15, 0.2) is 0 Å². The summed E-state index contributed by atoms with van der Waals surface area (Å²) in [6, 6.07) is 8.02. The third-order valence-corrected chi connectivity index (χ3v) is 3.81. The maximum absolute atomic E-state index is 10.3. The van der Waals surface area contributed by atoms with Gasteiger partial charge in [0.25, 0.3) is 0 Å². The molecule has 0 aliphatic heterocycles. The fourth-order valence-electron chi connectivity index (χ4n) is 2.49. The highest BCUT2D eigenvalue weighted by Gasteiger charge is 2.39. The van der Waals surface area contributed by atoms with Gasteiger partial charge in [0.05, 0.1) is 11.7 Å². The summed E-state index contributed by atoms with van der Waals surface area (Å²) in [7, 11) is 1.75. The number of hydrogen-bond donors (Lipinski definition) is 1. The van der Waals surface area contributed by atoms with Gasteiger partial charge < -0.3 is 9.84 Å². The van der Waals surface area contributed by atoms with Crippen LogP contribution in [-0.4, -0.2) is 17.8 Å². The molecule has 0 radical (unpaired) electrons. The second kappa shape index (κ2) is 4.56. The second-order valence-electron chi connectivity index (χ2n) is 4.82. The van der Waals surface area contributed by atoms with E-state index in [1.54, 1.807) is 7.11 Å². The molecular formula is C14H20O2. The SMILES string of the molecule is COC1(CC(O)c2ccccc2C)CCC1. The molecule has 1 aromatic rings. The zero-order chi connectivity index (χ0) is 11.6. The number of aryl methyl sites for hydroxylation is 1. The van der Waals surface area contributed by atoms with E-state index in [0.717, 1.165) is 24.0 Å². The molecule has 1 aromatic carbocycles. The first-order valence-electron chi connectivity index (χ1n) is 5.96. The number of aliphatic hydroxyl groups excluding tert-OH is 1. The lowest BCUT2D eigenvalue weighted by Gasteiger charge is -2.42. The predicted molar refractivity (Wildman–Crippen MR) is 64.3 cm³/mol. The van der Waals surface area contributed by atoms with Crippen molar-refractivity contribution in [3.05, 3.63) is 35.4 Å². The fraction of sp³-hybridized carbons (Fsp3) is 0.571. The van der Waals surface area contributed by atoms with E-state index >= 15 is 0 Å². The molecule has 0 amide bonds. The molecule has 0 bridgehead atoms. The molecule has 1 unspecified atom stereocenters. The Kier molecular flexibility index (Phi) is 3.31. The van der Waals surface area contributed by atoms with Crippen LogP contribution in [0.5, 0.6) is 0 Å². The lowest BCUT2D eigenvalue weighted by Crippen LogP contribution is -2.40. The third-order valence-electron chi connectivity index (χ3n) is 3.81. The minimum absolute atomic E-state index is 0.0678. The van der Waals surface area contributed by atoms with Crippen molar-refractivity contribution in [3.63, 3.8) is 0 Å². The van der Waals surface area contributed by atoms with Crippen LogP contribution in [0.2, 0.25) is 0 Å². The Morgan fingerprint density at radius 2 is 2.06 bits per heavy atom. The summed E-state index contributed by atoms with van der Waals surface area (Å²) in [5.74, 6) is 0. The average Bonchev–Trinajstić information content (AvgIpc) is 2.24. The zero-order valence-electron chi connectivity index (χ0n) is 10.1. The summed E-state index contributed by atoms with van der Waals surface area (Å²) >= 11 is 0. The summed E-state index contributed by atoms with van der Waals surface area (Å²) in [5.41, 5.74) is 2.12. The van der Waals surface area contributed by atoms with E-state index in [2.05, 4.69) is 0 Å². The molecule has 2 heteroatoms. The topological polar surface area (TPSA) is 29.5 Å². The first-order chi connectivity index (χ1) is 7.67. The molecule has 0 spiro atoms. The van der Waals surface area contributed by atoms with Crippen molar-refractivity contribution in [1.29, 1.82) is 0 Å². The van der Waals surface area contributed by atoms with Crippen molar-refractivity contribution >= 4 is 0 Å². The van der Waals surface area contributed by atoms with E-state index < -0.39 is 6.10 Å². The molecule has 16 heavy (non-hydrogen) atoms. The van der Waals surface area contributed by atoms with Gasteiger partial charge >= 0.3 is 0 Å². The van der Waals surface area contributed by atoms with Gasteiger partial charge in [-0.05, 0) is 37.3 Å². The van der Waals surface area contributed by atoms with E-state index in [1.807, 2.05) is 31.2 Å². The molecule has 1 fully saturated rings. The van der Waals surface area contributed by atoms with Crippen LogP contribution in [0.15, 0.2) is 24.3 Å². The monoisotopic (exact) mass is 220 g/mol. The van der Waals surface area contributed by atoms with Crippen LogP contribution in [0.25, 0.3) is 0 Å². The van der Waals surface area contributed by atoms with Crippen LogP contribution < -0.4 is 0 Å². The molecule has 88 valence electrons. The van der Waals surface area contributed by atoms with E-state index in [-0.39, 0.29) is 5.60 Å². The van der Waals surface area contributed by atoms with Crippen molar-refractivity contribution in [3.8, 4) is 0 Å². The molecule has 2 nitrogen and oxygen atoms in total. The molecule has 0 aromatic heterocycles. The van der Waals surface area contributed by atoms with Crippen LogP contribution in [-0.2, 0) is 4.74 Å². The largest absolute Gasteiger partial charge is 0.388 e. The van der Waals surface area contributed by atoms with Crippen molar-refractivity contribution in [2.75, 3.05) is 7.11 Å². The van der Waals surface area contributed by atoms with Crippen molar-refractivity contribution in [2.24, 2.45) is 0 Å². The molecule has 0 heterocycles. The molecule has 1 atom stereocenters. The Morgan fingerprint density at radius 3 is 2.56 bits per heavy atom. The second-order valence-corrected chi connectivity index (χ2v) is 4.82. The van der Waals surface area contributed by atoms with E-state index in [9.17, 15) is 5.11 Å². The molecule has 2 rings (SSSR count). The Balaban J connectivity index is 2.08. The number of hydrogen-bond acceptors (Lipinski definition) is 2. The van der Waals surface area contributed by atoms with Crippen LogP contribution in [0.3, 0.4) is 0 Å². The smallest absolute Gasteiger partial charge is 0.0820 e. The van der Waals surface area contributed by atoms with Gasteiger partial charge in [0.1, 0.15) is 0 Å². The molecule has 0 saturated heterocycles. The van der Waals surface area contributed by atoms with Crippen LogP contribution >= 0.6 is 0 Å². The van der Waals surface area contributed by atoms with Crippen LogP contribution in [0.1, 0.15) is 42.9 Å². The van der Waals surface area contributed by atoms with Gasteiger partial charge in [-0.1, -0.05) is 24.3 Å². The standard InChI is InChI=1S/C14H20O2/c1-11-6-3-4-7-12(11)13(15)10-14(16-2)8-5-9-14/h3-4,6-7,13,15H,5,8-10H2,1-2H3. The Morgan fingerprint density at radius 1 is 1.38 bits per heavy atom. The molecule has 1 aliphatic rings. The molecular weight excluding hydrogens is 200 g/mol. The van der Waals surface area contributed by atoms with Crippen LogP contribution in [0.4, 0.5) is 0 Å². The molecule has 1 aliphatic carbocycles. The Bertz CT molecular complexity index is 350. The van der Waals surface area contributed by atoms with Gasteiger partial charge in [0.2, 0.25) is 0 Å². The number of methoxy groups -OCH3 is 1. The van der Waals surface area contributed by atoms with Gasteiger partial charge in [-0.25, -0.2) is 0 Å². The summed E-state index contributed by atoms with van der Waals surface area (Å²) < 4.78 is 5.55. The third kappa shape index (κ3) is 2.13. The normalized spacial score (nSPS) is 20.2. The molecule has 1 saturated carbocycles. The summed E-state index contributed by atoms with van der Waals surface area (Å²) in [5, 5.41) is 10.3. The predicted octanol–water partition coefficient (Wildman–Crippen LogP) is 2.99. The summed E-state index contributed by atoms with van der Waals surface area (Å²) in [6.45, 7) is 2.04. The maximum Gasteiger partial charge on any atom is 0.0820 e. The highest BCUT2D eigenvalue weighted by atomic mass is 16.5. The first kappa shape index (κ1) is 11.6. The average molecular weight is 220 g/mol. The minimum Gasteiger partial charge on any atom is -0.388 e. The van der Waals surface area contributed by atoms with Crippen molar-refractivity contribution in [2.45, 2.75) is 44.3 Å². The number of aliphatic hydroxyl groups is 1. The lowest BCUT2D eigenvalue weighted by molar-refractivity contribution is -0.0999. The van der Waals surface area contributed by atoms with Crippen molar-refractivity contribution in [1.82, 2.24) is 0 Å². The first-order valence-corrected chi connectivity index (χ1v) is 5.96. The minimum atomic E-state index is -0.401. The summed E-state index contributed by atoms with van der Waals surface area (Å²) in [6.07, 6.45) is 3.68. The highest BCUT2D eigenvalue weighted by molar-refractivity contribution is 5.28. The fourth-order valence-corrected chi connectivity index (χ4v) is 2.49. The van der Waals surface area contributed by atoms with Gasteiger partial charge in [-0.3, -0.25) is 0 Å². The number of benzene rings is 1. The van der Waals surface area contributed by atoms with E-state index in [1.165, 1.54) is 6.42 Å². The van der Waals surface area contributed by atoms with Gasteiger partial charge in [0, 0.05) is 13.5 Å². The quantitative estimate of drug-likeness (QED) is 0.845. The maximum atomic E-state index is 10.3. The summed E-state index contributed by atoms with van der Waals surface area (Å²) in [4.78, 5) is 0. The van der Waals surface area contributed by atoms with Gasteiger partial charge in [-0.2, -0.15) is 0 Å². The van der Waals surface area contributed by atoms with Gasteiger partial charge in [-0.15, -0.1) is 0 Å². The molecule has 1 N–H and O–H groups in total. The van der Waals surface area contributed by atoms with E-state index in [4.69, 9.17) is 4.74 Å². The Labute approximate surface area is 97.3 Å². The van der Waals surface area contributed by atoms with Crippen LogP contribution in [0, 0.1) is 6.92 Å². The van der Waals surface area contributed by atoms with Crippen molar-refractivity contribution < 1.29 is 9.84 Å². The Hall–Kier alpha value is -0.860. The lowest BCUT2D eigenvalue weighted by atomic mass is 9.75.